The molecule has 0 aliphatic heterocycles. The van der Waals surface area contributed by atoms with Crippen molar-refractivity contribution >= 4 is 0 Å². The summed E-state index contributed by atoms with van der Waals surface area (Å²) < 4.78 is 2.03. The Morgan fingerprint density at radius 1 is 1.05 bits per heavy atom. The van der Waals surface area contributed by atoms with Gasteiger partial charge in [-0.25, -0.2) is 0 Å². The lowest BCUT2D eigenvalue weighted by molar-refractivity contribution is 0.466. The Morgan fingerprint density at radius 2 is 1.80 bits per heavy atom. The summed E-state index contributed by atoms with van der Waals surface area (Å²) in [7, 11) is 0. The zero-order chi connectivity index (χ0) is 14.6. The molecule has 0 fully saturated rings. The van der Waals surface area contributed by atoms with Gasteiger partial charge in [-0.3, -0.25) is 4.68 Å². The molecule has 1 N–H and O–H groups in total. The average molecular weight is 279 g/mol. The predicted octanol–water partition coefficient (Wildman–Crippen LogP) is 4.69. The second-order valence-corrected chi connectivity index (χ2v) is 5.69. The summed E-state index contributed by atoms with van der Waals surface area (Å²) in [6.07, 6.45) is 14.9. The smallest absolute Gasteiger partial charge is 0.0537 e. The van der Waals surface area contributed by atoms with Gasteiger partial charge in [-0.05, 0) is 26.3 Å². The van der Waals surface area contributed by atoms with Crippen molar-refractivity contribution in [2.24, 2.45) is 0 Å². The van der Waals surface area contributed by atoms with E-state index < -0.39 is 0 Å². The summed E-state index contributed by atoms with van der Waals surface area (Å²) in [5.74, 6) is 0. The van der Waals surface area contributed by atoms with Crippen molar-refractivity contribution in [3.8, 4) is 0 Å². The highest BCUT2D eigenvalue weighted by Crippen LogP contribution is 2.20. The summed E-state index contributed by atoms with van der Waals surface area (Å²) in [5.41, 5.74) is 1.36. The van der Waals surface area contributed by atoms with Gasteiger partial charge in [-0.1, -0.05) is 52.4 Å². The molecule has 3 nitrogen and oxygen atoms in total. The third-order valence-corrected chi connectivity index (χ3v) is 3.87. The van der Waals surface area contributed by atoms with E-state index in [1.165, 1.54) is 56.9 Å². The van der Waals surface area contributed by atoms with Gasteiger partial charge < -0.3 is 5.32 Å². The van der Waals surface area contributed by atoms with Gasteiger partial charge in [0.05, 0.1) is 6.20 Å². The summed E-state index contributed by atoms with van der Waals surface area (Å²) in [6.45, 7) is 8.69. The molecule has 0 aromatic carbocycles. The lowest BCUT2D eigenvalue weighted by Crippen LogP contribution is -2.21. The molecule has 1 aromatic heterocycles. The Kier molecular flexibility index (Phi) is 9.38. The van der Waals surface area contributed by atoms with E-state index in [9.17, 15) is 0 Å². The van der Waals surface area contributed by atoms with Gasteiger partial charge in [-0.2, -0.15) is 5.10 Å². The average Bonchev–Trinajstić information content (AvgIpc) is 2.94. The first-order chi connectivity index (χ1) is 9.81. The number of aryl methyl sites for hydroxylation is 1. The van der Waals surface area contributed by atoms with Gasteiger partial charge >= 0.3 is 0 Å². The maximum atomic E-state index is 4.41. The quantitative estimate of drug-likeness (QED) is 0.562. The largest absolute Gasteiger partial charge is 0.310 e. The van der Waals surface area contributed by atoms with Crippen LogP contribution in [-0.4, -0.2) is 16.3 Å². The molecule has 1 atom stereocenters. The Morgan fingerprint density at radius 3 is 2.45 bits per heavy atom. The molecule has 0 bridgehead atoms. The SMILES string of the molecule is CCCCCCCCC(NCCC)c1cnn(CC)c1. The van der Waals surface area contributed by atoms with Crippen molar-refractivity contribution in [2.75, 3.05) is 6.54 Å². The molecule has 1 heterocycles. The van der Waals surface area contributed by atoms with E-state index in [4.69, 9.17) is 0 Å². The van der Waals surface area contributed by atoms with Crippen LogP contribution in [0.25, 0.3) is 0 Å². The fourth-order valence-electron chi connectivity index (χ4n) is 2.57. The normalized spacial score (nSPS) is 12.8. The van der Waals surface area contributed by atoms with Crippen molar-refractivity contribution in [3.05, 3.63) is 18.0 Å². The highest BCUT2D eigenvalue weighted by Gasteiger charge is 2.12. The molecular formula is C17H33N3. The topological polar surface area (TPSA) is 29.9 Å². The molecule has 20 heavy (non-hydrogen) atoms. The highest BCUT2D eigenvalue weighted by atomic mass is 15.3. The van der Waals surface area contributed by atoms with E-state index in [2.05, 4.69) is 37.4 Å². The van der Waals surface area contributed by atoms with Crippen LogP contribution >= 0.6 is 0 Å². The number of hydrogen-bond acceptors (Lipinski definition) is 2. The molecular weight excluding hydrogens is 246 g/mol. The van der Waals surface area contributed by atoms with Gasteiger partial charge in [0.2, 0.25) is 0 Å². The Balaban J connectivity index is 2.35. The minimum Gasteiger partial charge on any atom is -0.310 e. The number of nitrogens with zero attached hydrogens (tertiary/aromatic N) is 2. The second-order valence-electron chi connectivity index (χ2n) is 5.69. The Bertz CT molecular complexity index is 333. The molecule has 0 aliphatic rings. The number of nitrogens with one attached hydrogen (secondary N) is 1. The van der Waals surface area contributed by atoms with Gasteiger partial charge in [0, 0.05) is 24.3 Å². The Labute approximate surface area is 125 Å². The maximum Gasteiger partial charge on any atom is 0.0537 e. The maximum absolute atomic E-state index is 4.41. The molecule has 1 aromatic rings. The van der Waals surface area contributed by atoms with Gasteiger partial charge in [-0.15, -0.1) is 0 Å². The molecule has 3 heteroatoms. The van der Waals surface area contributed by atoms with Crippen molar-refractivity contribution in [1.29, 1.82) is 0 Å². The minimum atomic E-state index is 0.487. The lowest BCUT2D eigenvalue weighted by atomic mass is 10.0. The Hall–Kier alpha value is -0.830. The first kappa shape index (κ1) is 17.2. The molecule has 1 unspecified atom stereocenters. The fourth-order valence-corrected chi connectivity index (χ4v) is 2.57. The molecule has 0 radical (unpaired) electrons. The third kappa shape index (κ3) is 6.56. The van der Waals surface area contributed by atoms with Gasteiger partial charge in [0.1, 0.15) is 0 Å². The third-order valence-electron chi connectivity index (χ3n) is 3.87. The molecule has 0 aliphatic carbocycles. The molecule has 0 saturated carbocycles. The molecule has 0 amide bonds. The first-order valence-electron chi connectivity index (χ1n) is 8.57. The summed E-state index contributed by atoms with van der Waals surface area (Å²) >= 11 is 0. The number of aromatic nitrogens is 2. The predicted molar refractivity (Wildman–Crippen MR) is 86.9 cm³/mol. The summed E-state index contributed by atoms with van der Waals surface area (Å²) in [4.78, 5) is 0. The van der Waals surface area contributed by atoms with Crippen LogP contribution in [0.3, 0.4) is 0 Å². The monoisotopic (exact) mass is 279 g/mol. The van der Waals surface area contributed by atoms with Crippen LogP contribution in [0.15, 0.2) is 12.4 Å². The van der Waals surface area contributed by atoms with Crippen molar-refractivity contribution in [3.63, 3.8) is 0 Å². The number of rotatable bonds is 12. The standard InChI is InChI=1S/C17H33N3/c1-4-7-8-9-10-11-12-17(18-13-5-2)16-14-19-20(6-3)15-16/h14-15,17-18H,4-13H2,1-3H3. The zero-order valence-corrected chi connectivity index (χ0v) is 13.7. The van der Waals surface area contributed by atoms with Gasteiger partial charge in [0.25, 0.3) is 0 Å². The number of unbranched alkanes of at least 4 members (excludes halogenated alkanes) is 5. The molecule has 1 rings (SSSR count). The van der Waals surface area contributed by atoms with Crippen molar-refractivity contribution in [1.82, 2.24) is 15.1 Å². The molecule has 116 valence electrons. The lowest BCUT2D eigenvalue weighted by Gasteiger charge is -2.17. The first-order valence-corrected chi connectivity index (χ1v) is 8.57. The fraction of sp³-hybridized carbons (Fsp3) is 0.824. The van der Waals surface area contributed by atoms with Crippen LogP contribution in [0.2, 0.25) is 0 Å². The van der Waals surface area contributed by atoms with E-state index >= 15 is 0 Å². The van der Waals surface area contributed by atoms with Gasteiger partial charge in [0.15, 0.2) is 0 Å². The summed E-state index contributed by atoms with van der Waals surface area (Å²) in [5, 5.41) is 8.08. The van der Waals surface area contributed by atoms with E-state index in [1.807, 2.05) is 10.9 Å². The van der Waals surface area contributed by atoms with E-state index in [1.54, 1.807) is 0 Å². The van der Waals surface area contributed by atoms with E-state index in [0.717, 1.165) is 13.1 Å². The minimum absolute atomic E-state index is 0.487. The van der Waals surface area contributed by atoms with Crippen LogP contribution in [0.4, 0.5) is 0 Å². The van der Waals surface area contributed by atoms with Crippen molar-refractivity contribution < 1.29 is 0 Å². The second kappa shape index (κ2) is 10.9. The van der Waals surface area contributed by atoms with Crippen molar-refractivity contribution in [2.45, 2.75) is 84.7 Å². The van der Waals surface area contributed by atoms with Crippen LogP contribution in [0, 0.1) is 0 Å². The van der Waals surface area contributed by atoms with Crippen LogP contribution in [0.1, 0.15) is 83.7 Å². The highest BCUT2D eigenvalue weighted by molar-refractivity contribution is 5.10. The van der Waals surface area contributed by atoms with E-state index in [-0.39, 0.29) is 0 Å². The van der Waals surface area contributed by atoms with Crippen LogP contribution < -0.4 is 5.32 Å². The zero-order valence-electron chi connectivity index (χ0n) is 13.7. The molecule has 0 saturated heterocycles. The van der Waals surface area contributed by atoms with Crippen LogP contribution in [-0.2, 0) is 6.54 Å². The van der Waals surface area contributed by atoms with Crippen LogP contribution in [0.5, 0.6) is 0 Å². The van der Waals surface area contributed by atoms with E-state index in [0.29, 0.717) is 6.04 Å². The molecule has 0 spiro atoms. The number of hydrogen-bond donors (Lipinski definition) is 1. The summed E-state index contributed by atoms with van der Waals surface area (Å²) in [6, 6.07) is 0.487.